The fourth-order valence-electron chi connectivity index (χ4n) is 1.75. The van der Waals surface area contributed by atoms with Crippen molar-refractivity contribution in [3.8, 4) is 0 Å². The van der Waals surface area contributed by atoms with Gasteiger partial charge in [0.25, 0.3) is 0 Å². The van der Waals surface area contributed by atoms with E-state index in [1.165, 1.54) is 17.4 Å². The van der Waals surface area contributed by atoms with Gasteiger partial charge in [0, 0.05) is 5.69 Å². The number of fused-ring (bicyclic) bond motifs is 1. The van der Waals surface area contributed by atoms with E-state index >= 15 is 0 Å². The van der Waals surface area contributed by atoms with E-state index in [-0.39, 0.29) is 5.52 Å². The first-order chi connectivity index (χ1) is 9.72. The van der Waals surface area contributed by atoms with Crippen LogP contribution in [0.15, 0.2) is 48.5 Å². The maximum absolute atomic E-state index is 13.5. The number of para-hydroxylation sites is 2. The van der Waals surface area contributed by atoms with E-state index in [4.69, 9.17) is 0 Å². The van der Waals surface area contributed by atoms with E-state index in [0.717, 1.165) is 0 Å². The van der Waals surface area contributed by atoms with Crippen LogP contribution in [0.3, 0.4) is 0 Å². The number of thiazole rings is 1. The van der Waals surface area contributed by atoms with E-state index < -0.39 is 11.8 Å². The minimum atomic E-state index is -0.407. The van der Waals surface area contributed by atoms with Gasteiger partial charge in [-0.05, 0) is 24.3 Å². The Balaban J connectivity index is 1.76. The van der Waals surface area contributed by atoms with E-state index in [1.807, 2.05) is 18.2 Å². The van der Waals surface area contributed by atoms with Gasteiger partial charge in [0.1, 0.15) is 11.3 Å². The number of benzene rings is 2. The average molecular weight is 287 g/mol. The number of rotatable bonds is 2. The minimum absolute atomic E-state index is 0.271. The highest BCUT2D eigenvalue weighted by Gasteiger charge is 2.10. The zero-order valence-electron chi connectivity index (χ0n) is 10.3. The van der Waals surface area contributed by atoms with Gasteiger partial charge in [-0.25, -0.2) is 14.2 Å². The number of hydrogen-bond donors (Lipinski definition) is 2. The van der Waals surface area contributed by atoms with Crippen molar-refractivity contribution in [2.45, 2.75) is 0 Å². The van der Waals surface area contributed by atoms with Crippen LogP contribution in [0.25, 0.3) is 10.2 Å². The molecule has 0 saturated carbocycles. The molecular formula is C14H10FN3OS. The first kappa shape index (κ1) is 12.6. The molecule has 0 aliphatic heterocycles. The van der Waals surface area contributed by atoms with Gasteiger partial charge < -0.3 is 5.32 Å². The molecule has 0 bridgehead atoms. The number of urea groups is 1. The number of carbonyl (C=O) groups excluding carboxylic acids is 1. The van der Waals surface area contributed by atoms with Crippen molar-refractivity contribution in [3.63, 3.8) is 0 Å². The zero-order valence-corrected chi connectivity index (χ0v) is 11.1. The molecule has 1 aromatic heterocycles. The van der Waals surface area contributed by atoms with Crippen molar-refractivity contribution < 1.29 is 9.18 Å². The first-order valence-corrected chi connectivity index (χ1v) is 6.72. The van der Waals surface area contributed by atoms with E-state index in [9.17, 15) is 9.18 Å². The topological polar surface area (TPSA) is 54.0 Å². The van der Waals surface area contributed by atoms with E-state index in [2.05, 4.69) is 15.6 Å². The molecule has 0 radical (unpaired) electrons. The lowest BCUT2D eigenvalue weighted by molar-refractivity contribution is 0.262. The highest BCUT2D eigenvalue weighted by molar-refractivity contribution is 7.22. The quantitative estimate of drug-likeness (QED) is 0.746. The summed E-state index contributed by atoms with van der Waals surface area (Å²) in [6.07, 6.45) is 0. The van der Waals surface area contributed by atoms with Gasteiger partial charge in [-0.3, -0.25) is 5.32 Å². The minimum Gasteiger partial charge on any atom is -0.308 e. The summed E-state index contributed by atoms with van der Waals surface area (Å²) in [6.45, 7) is 0. The molecule has 20 heavy (non-hydrogen) atoms. The summed E-state index contributed by atoms with van der Waals surface area (Å²) in [5.74, 6) is -0.393. The largest absolute Gasteiger partial charge is 0.325 e. The second-order valence-electron chi connectivity index (χ2n) is 4.05. The van der Waals surface area contributed by atoms with Gasteiger partial charge in [-0.1, -0.05) is 35.6 Å². The molecule has 4 nitrogen and oxygen atoms in total. The maximum Gasteiger partial charge on any atom is 0.325 e. The summed E-state index contributed by atoms with van der Waals surface area (Å²) in [7, 11) is 0. The van der Waals surface area contributed by atoms with E-state index in [0.29, 0.717) is 15.5 Å². The molecular weight excluding hydrogens is 277 g/mol. The third-order valence-electron chi connectivity index (χ3n) is 2.62. The van der Waals surface area contributed by atoms with Crippen LogP contribution in [0.5, 0.6) is 0 Å². The van der Waals surface area contributed by atoms with E-state index in [1.54, 1.807) is 24.3 Å². The van der Waals surface area contributed by atoms with Gasteiger partial charge >= 0.3 is 6.03 Å². The molecule has 0 unspecified atom stereocenters. The molecule has 0 fully saturated rings. The number of hydrogen-bond acceptors (Lipinski definition) is 3. The molecule has 3 rings (SSSR count). The highest BCUT2D eigenvalue weighted by Crippen LogP contribution is 2.27. The standard InChI is InChI=1S/C14H10FN3OS/c15-10-7-4-8-11-12(10)17-14(20-11)18-13(19)16-9-5-2-1-3-6-9/h1-8H,(H2,16,17,18,19). The summed E-state index contributed by atoms with van der Waals surface area (Å²) in [6, 6.07) is 13.4. The summed E-state index contributed by atoms with van der Waals surface area (Å²) >= 11 is 1.23. The number of aromatic nitrogens is 1. The number of carbonyl (C=O) groups is 1. The maximum atomic E-state index is 13.5. The Kier molecular flexibility index (Phi) is 3.30. The van der Waals surface area contributed by atoms with Gasteiger partial charge in [0.2, 0.25) is 0 Å². The normalized spacial score (nSPS) is 10.4. The van der Waals surface area contributed by atoms with Gasteiger partial charge in [-0.2, -0.15) is 0 Å². The summed E-state index contributed by atoms with van der Waals surface area (Å²) in [5, 5.41) is 5.63. The van der Waals surface area contributed by atoms with Crippen molar-refractivity contribution in [1.82, 2.24) is 4.98 Å². The van der Waals surface area contributed by atoms with Crippen molar-refractivity contribution in [1.29, 1.82) is 0 Å². The van der Waals surface area contributed by atoms with Crippen LogP contribution in [-0.4, -0.2) is 11.0 Å². The Morgan fingerprint density at radius 1 is 1.05 bits per heavy atom. The molecule has 2 amide bonds. The monoisotopic (exact) mass is 287 g/mol. The van der Waals surface area contributed by atoms with Crippen molar-refractivity contribution in [2.24, 2.45) is 0 Å². The molecule has 2 aromatic carbocycles. The molecule has 0 saturated heterocycles. The first-order valence-electron chi connectivity index (χ1n) is 5.90. The summed E-state index contributed by atoms with van der Waals surface area (Å²) in [4.78, 5) is 15.9. The van der Waals surface area contributed by atoms with Crippen molar-refractivity contribution in [2.75, 3.05) is 10.6 Å². The lowest BCUT2D eigenvalue weighted by Gasteiger charge is -2.04. The highest BCUT2D eigenvalue weighted by atomic mass is 32.1. The van der Waals surface area contributed by atoms with Crippen LogP contribution in [-0.2, 0) is 0 Å². The Morgan fingerprint density at radius 2 is 1.85 bits per heavy atom. The molecule has 100 valence electrons. The molecule has 1 heterocycles. The smallest absolute Gasteiger partial charge is 0.308 e. The fraction of sp³-hybridized carbons (Fsp3) is 0. The van der Waals surface area contributed by atoms with Crippen LogP contribution in [0.4, 0.5) is 20.0 Å². The Hall–Kier alpha value is -2.47. The Bertz CT molecular complexity index is 757. The molecule has 0 spiro atoms. The molecule has 6 heteroatoms. The second kappa shape index (κ2) is 5.26. The Morgan fingerprint density at radius 3 is 2.60 bits per heavy atom. The number of amides is 2. The molecule has 0 aliphatic carbocycles. The summed E-state index contributed by atoms with van der Waals surface area (Å²) < 4.78 is 14.2. The lowest BCUT2D eigenvalue weighted by Crippen LogP contribution is -2.19. The van der Waals surface area contributed by atoms with Crippen molar-refractivity contribution >= 4 is 38.4 Å². The molecule has 2 N–H and O–H groups in total. The predicted molar refractivity (Wildman–Crippen MR) is 78.7 cm³/mol. The Labute approximate surface area is 118 Å². The number of nitrogens with one attached hydrogen (secondary N) is 2. The van der Waals surface area contributed by atoms with Crippen LogP contribution in [0.2, 0.25) is 0 Å². The van der Waals surface area contributed by atoms with Crippen LogP contribution >= 0.6 is 11.3 Å². The third-order valence-corrected chi connectivity index (χ3v) is 3.56. The van der Waals surface area contributed by atoms with Gasteiger partial charge in [0.05, 0.1) is 4.70 Å². The molecule has 0 atom stereocenters. The number of anilines is 2. The van der Waals surface area contributed by atoms with Crippen LogP contribution < -0.4 is 10.6 Å². The van der Waals surface area contributed by atoms with Crippen LogP contribution in [0.1, 0.15) is 0 Å². The van der Waals surface area contributed by atoms with Gasteiger partial charge in [0.15, 0.2) is 5.13 Å². The average Bonchev–Trinajstić information content (AvgIpc) is 2.83. The lowest BCUT2D eigenvalue weighted by atomic mass is 10.3. The zero-order chi connectivity index (χ0) is 13.9. The van der Waals surface area contributed by atoms with Gasteiger partial charge in [-0.15, -0.1) is 0 Å². The molecule has 3 aromatic rings. The van der Waals surface area contributed by atoms with Crippen molar-refractivity contribution in [3.05, 3.63) is 54.3 Å². The second-order valence-corrected chi connectivity index (χ2v) is 5.08. The number of nitrogens with zero attached hydrogens (tertiary/aromatic N) is 1. The number of halogens is 1. The SMILES string of the molecule is O=C(Nc1ccccc1)Nc1nc2c(F)cccc2s1. The molecule has 0 aliphatic rings. The fourth-order valence-corrected chi connectivity index (χ4v) is 2.62. The summed E-state index contributed by atoms with van der Waals surface area (Å²) in [5.41, 5.74) is 0.949. The van der Waals surface area contributed by atoms with Crippen LogP contribution in [0, 0.1) is 5.82 Å². The predicted octanol–water partition coefficient (Wildman–Crippen LogP) is 4.08. The third kappa shape index (κ3) is 2.60.